The Balaban J connectivity index is 1.75. The molecule has 1 aliphatic carbocycles. The van der Waals surface area contributed by atoms with Gasteiger partial charge >= 0.3 is 5.97 Å². The number of Topliss-reactive ketones (excluding diaryl/α,β-unsaturated/α-hetero) is 1. The molecule has 0 aromatic carbocycles. The van der Waals surface area contributed by atoms with Crippen molar-refractivity contribution in [2.75, 3.05) is 32.8 Å². The lowest BCUT2D eigenvalue weighted by Crippen LogP contribution is -2.84. The summed E-state index contributed by atoms with van der Waals surface area (Å²) in [5.41, 5.74) is -0.636. The molecule has 1 saturated carbocycles. The van der Waals surface area contributed by atoms with E-state index < -0.39 is 0 Å². The molecule has 5 heteroatoms. The van der Waals surface area contributed by atoms with Crippen molar-refractivity contribution < 1.29 is 14.3 Å². The van der Waals surface area contributed by atoms with Crippen molar-refractivity contribution in [1.82, 2.24) is 9.80 Å². The van der Waals surface area contributed by atoms with Gasteiger partial charge in [-0.25, -0.2) is 0 Å². The predicted octanol–water partition coefficient (Wildman–Crippen LogP) is 2.05. The molecule has 0 N–H and O–H groups in total. The van der Waals surface area contributed by atoms with E-state index in [2.05, 4.69) is 23.6 Å². The Morgan fingerprint density at radius 1 is 1.08 bits per heavy atom. The molecule has 4 bridgehead atoms. The molecule has 5 aliphatic rings. The van der Waals surface area contributed by atoms with E-state index in [4.69, 9.17) is 4.74 Å². The van der Waals surface area contributed by atoms with Crippen molar-refractivity contribution >= 4 is 11.8 Å². The van der Waals surface area contributed by atoms with Gasteiger partial charge in [-0.05, 0) is 39.0 Å². The summed E-state index contributed by atoms with van der Waals surface area (Å²) in [6.07, 6.45) is 4.83. The smallest absolute Gasteiger partial charge is 0.312 e. The number of hydrogen-bond donors (Lipinski definition) is 0. The molecule has 5 nitrogen and oxygen atoms in total. The van der Waals surface area contributed by atoms with Crippen LogP contribution in [0, 0.1) is 16.7 Å². The molecule has 24 heavy (non-hydrogen) atoms. The van der Waals surface area contributed by atoms with Gasteiger partial charge in [-0.1, -0.05) is 13.8 Å². The average Bonchev–Trinajstić information content (AvgIpc) is 3.00. The second kappa shape index (κ2) is 5.28. The predicted molar refractivity (Wildman–Crippen MR) is 90.3 cm³/mol. The third kappa shape index (κ3) is 1.78. The molecule has 4 heterocycles. The van der Waals surface area contributed by atoms with Gasteiger partial charge in [0.1, 0.15) is 5.78 Å². The molecule has 0 radical (unpaired) electrons. The van der Waals surface area contributed by atoms with Gasteiger partial charge < -0.3 is 4.74 Å². The fourth-order valence-corrected chi connectivity index (χ4v) is 6.32. The molecule has 0 aromatic rings. The van der Waals surface area contributed by atoms with Crippen molar-refractivity contribution in [2.45, 2.75) is 58.5 Å². The number of nitrogens with zero attached hydrogens (tertiary/aromatic N) is 2. The molecule has 4 aliphatic heterocycles. The summed E-state index contributed by atoms with van der Waals surface area (Å²) < 4.78 is 5.42. The third-order valence-corrected chi connectivity index (χ3v) is 7.55. The lowest BCUT2D eigenvalue weighted by molar-refractivity contribution is -0.247. The first-order chi connectivity index (χ1) is 11.5. The Kier molecular flexibility index (Phi) is 3.63. The highest BCUT2D eigenvalue weighted by Crippen LogP contribution is 2.59. The Hall–Kier alpha value is -0.940. The summed E-state index contributed by atoms with van der Waals surface area (Å²) in [4.78, 5) is 31.0. The quantitative estimate of drug-likeness (QED) is 0.737. The number of ether oxygens (including phenoxy) is 1. The van der Waals surface area contributed by atoms with Crippen LogP contribution in [0.3, 0.4) is 0 Å². The summed E-state index contributed by atoms with van der Waals surface area (Å²) in [5, 5.41) is 0. The molecular formula is C19H30N2O3. The third-order valence-electron chi connectivity index (χ3n) is 7.55. The largest absolute Gasteiger partial charge is 0.466 e. The van der Waals surface area contributed by atoms with E-state index in [0.29, 0.717) is 12.4 Å². The summed E-state index contributed by atoms with van der Waals surface area (Å²) in [5.74, 6) is 0.397. The van der Waals surface area contributed by atoms with E-state index in [1.54, 1.807) is 0 Å². The van der Waals surface area contributed by atoms with Gasteiger partial charge in [0.25, 0.3) is 0 Å². The zero-order valence-electron chi connectivity index (χ0n) is 15.3. The van der Waals surface area contributed by atoms with Crippen LogP contribution in [0.1, 0.15) is 52.9 Å². The minimum atomic E-state index is -0.223. The zero-order chi connectivity index (χ0) is 17.2. The first-order valence-corrected chi connectivity index (χ1v) is 9.69. The summed E-state index contributed by atoms with van der Waals surface area (Å²) in [7, 11) is 0. The number of carbonyl (C=O) groups is 2. The van der Waals surface area contributed by atoms with Crippen LogP contribution in [0.4, 0.5) is 0 Å². The summed E-state index contributed by atoms with van der Waals surface area (Å²) in [6, 6.07) is 0. The van der Waals surface area contributed by atoms with Crippen LogP contribution in [0.5, 0.6) is 0 Å². The van der Waals surface area contributed by atoms with Crippen molar-refractivity contribution in [1.29, 1.82) is 0 Å². The van der Waals surface area contributed by atoms with Gasteiger partial charge in [0.15, 0.2) is 0 Å². The topological polar surface area (TPSA) is 49.9 Å². The SMILES string of the molecule is CCOC(=O)C1CCCC12N1CC3(CC)CN2CC(CC)(C1)C3=O. The molecule has 134 valence electrons. The molecular weight excluding hydrogens is 304 g/mol. The van der Waals surface area contributed by atoms with E-state index in [1.807, 2.05) is 6.92 Å². The lowest BCUT2D eigenvalue weighted by Gasteiger charge is -2.71. The van der Waals surface area contributed by atoms with Crippen molar-refractivity contribution in [3.8, 4) is 0 Å². The van der Waals surface area contributed by atoms with Gasteiger partial charge in [0.2, 0.25) is 0 Å². The molecule has 1 unspecified atom stereocenters. The fraction of sp³-hybridized carbons (Fsp3) is 0.895. The van der Waals surface area contributed by atoms with Crippen LogP contribution in [-0.4, -0.2) is 60.0 Å². The zero-order valence-corrected chi connectivity index (χ0v) is 15.3. The van der Waals surface area contributed by atoms with Crippen molar-refractivity contribution in [3.63, 3.8) is 0 Å². The highest BCUT2D eigenvalue weighted by Gasteiger charge is 2.71. The second-order valence-corrected chi connectivity index (χ2v) is 8.38. The average molecular weight is 334 g/mol. The number of ketones is 1. The Morgan fingerprint density at radius 3 is 2.08 bits per heavy atom. The molecule has 1 spiro atoms. The summed E-state index contributed by atoms with van der Waals surface area (Å²) >= 11 is 0. The Bertz CT molecular complexity index is 531. The molecule has 1 atom stereocenters. The maximum absolute atomic E-state index is 13.3. The molecule has 0 aromatic heterocycles. The van der Waals surface area contributed by atoms with Gasteiger partial charge in [-0.2, -0.15) is 0 Å². The van der Waals surface area contributed by atoms with Crippen LogP contribution in [0.15, 0.2) is 0 Å². The van der Waals surface area contributed by atoms with E-state index >= 15 is 0 Å². The number of piperidine rings is 2. The first-order valence-electron chi connectivity index (χ1n) is 9.69. The van der Waals surface area contributed by atoms with Crippen LogP contribution in [-0.2, 0) is 14.3 Å². The summed E-state index contributed by atoms with van der Waals surface area (Å²) in [6.45, 7) is 9.96. The lowest BCUT2D eigenvalue weighted by atomic mass is 9.56. The minimum absolute atomic E-state index is 0.0371. The number of carbonyl (C=O) groups excluding carboxylic acids is 2. The van der Waals surface area contributed by atoms with Crippen molar-refractivity contribution in [3.05, 3.63) is 0 Å². The number of rotatable bonds is 4. The minimum Gasteiger partial charge on any atom is -0.466 e. The Morgan fingerprint density at radius 2 is 1.62 bits per heavy atom. The van der Waals surface area contributed by atoms with Gasteiger partial charge in [0.05, 0.1) is 29.0 Å². The second-order valence-electron chi connectivity index (χ2n) is 8.38. The van der Waals surface area contributed by atoms with E-state index in [-0.39, 0.29) is 28.4 Å². The fourth-order valence-electron chi connectivity index (χ4n) is 6.32. The normalized spacial score (nSPS) is 49.1. The van der Waals surface area contributed by atoms with Gasteiger partial charge in [-0.3, -0.25) is 19.4 Å². The monoisotopic (exact) mass is 334 g/mol. The maximum Gasteiger partial charge on any atom is 0.312 e. The number of hydrogen-bond acceptors (Lipinski definition) is 5. The molecule has 0 amide bonds. The molecule has 5 fully saturated rings. The molecule has 4 saturated heterocycles. The standard InChI is InChI=1S/C19H30N2O3/c1-4-17-10-20-12-18(5-2,16(17)23)13-21(11-17)19(20)9-7-8-14(19)15(22)24-6-3/h14H,4-13H2,1-3H3. The van der Waals surface area contributed by atoms with Gasteiger partial charge in [0, 0.05) is 26.2 Å². The first kappa shape index (κ1) is 16.5. The van der Waals surface area contributed by atoms with Crippen LogP contribution < -0.4 is 0 Å². The van der Waals surface area contributed by atoms with E-state index in [9.17, 15) is 9.59 Å². The Labute approximate surface area is 144 Å². The van der Waals surface area contributed by atoms with E-state index in [1.165, 1.54) is 0 Å². The van der Waals surface area contributed by atoms with Crippen LogP contribution >= 0.6 is 0 Å². The van der Waals surface area contributed by atoms with E-state index in [0.717, 1.165) is 58.3 Å². The highest BCUT2D eigenvalue weighted by molar-refractivity contribution is 5.93. The maximum atomic E-state index is 13.3. The van der Waals surface area contributed by atoms with Gasteiger partial charge in [-0.15, -0.1) is 0 Å². The van der Waals surface area contributed by atoms with Crippen LogP contribution in [0.25, 0.3) is 0 Å². The highest BCUT2D eigenvalue weighted by atomic mass is 16.5. The van der Waals surface area contributed by atoms with Crippen LogP contribution in [0.2, 0.25) is 0 Å². The number of esters is 1. The molecule has 5 rings (SSSR count). The van der Waals surface area contributed by atoms with Crippen molar-refractivity contribution in [2.24, 2.45) is 16.7 Å².